The third-order valence-electron chi connectivity index (χ3n) is 2.05. The standard InChI is InChI=1S/C10H12F2N4O/c11-9(12)6-16(1-2-17)10-8(14)3-7(4-13)5-15-10/h3,5,9,17H,1-2,6,14H2. The molecule has 1 aromatic rings. The van der Waals surface area contributed by atoms with E-state index in [4.69, 9.17) is 16.1 Å². The van der Waals surface area contributed by atoms with Gasteiger partial charge in [-0.15, -0.1) is 0 Å². The number of nitriles is 1. The lowest BCUT2D eigenvalue weighted by Crippen LogP contribution is -2.32. The van der Waals surface area contributed by atoms with Crippen molar-refractivity contribution >= 4 is 11.5 Å². The molecule has 0 aliphatic heterocycles. The van der Waals surface area contributed by atoms with E-state index in [1.54, 1.807) is 0 Å². The molecule has 0 aliphatic rings. The Morgan fingerprint density at radius 2 is 2.29 bits per heavy atom. The minimum Gasteiger partial charge on any atom is -0.396 e. The lowest BCUT2D eigenvalue weighted by Gasteiger charge is -2.23. The normalized spacial score (nSPS) is 10.3. The van der Waals surface area contributed by atoms with Gasteiger partial charge in [-0.2, -0.15) is 5.26 Å². The zero-order chi connectivity index (χ0) is 12.8. The van der Waals surface area contributed by atoms with Crippen LogP contribution in [-0.2, 0) is 0 Å². The molecule has 92 valence electrons. The van der Waals surface area contributed by atoms with E-state index in [0.29, 0.717) is 0 Å². The third-order valence-corrected chi connectivity index (χ3v) is 2.05. The highest BCUT2D eigenvalue weighted by Crippen LogP contribution is 2.21. The number of aliphatic hydroxyl groups is 1. The maximum Gasteiger partial charge on any atom is 0.255 e. The minimum absolute atomic E-state index is 0.00738. The summed E-state index contributed by atoms with van der Waals surface area (Å²) in [5.74, 6) is 0.151. The Balaban J connectivity index is 2.98. The minimum atomic E-state index is -2.56. The first-order valence-electron chi connectivity index (χ1n) is 4.88. The predicted molar refractivity (Wildman–Crippen MR) is 58.7 cm³/mol. The molecule has 0 aliphatic carbocycles. The van der Waals surface area contributed by atoms with Gasteiger partial charge in [0, 0.05) is 12.7 Å². The van der Waals surface area contributed by atoms with Crippen molar-refractivity contribution in [1.29, 1.82) is 5.26 Å². The number of nitrogens with two attached hydrogens (primary N) is 1. The molecule has 0 amide bonds. The molecule has 5 nitrogen and oxygen atoms in total. The molecule has 0 fully saturated rings. The molecular weight excluding hydrogens is 230 g/mol. The van der Waals surface area contributed by atoms with Crippen LogP contribution in [0.4, 0.5) is 20.3 Å². The number of aromatic nitrogens is 1. The van der Waals surface area contributed by atoms with Crippen LogP contribution in [0.25, 0.3) is 0 Å². The second-order valence-corrected chi connectivity index (χ2v) is 3.31. The Labute approximate surface area is 97.1 Å². The van der Waals surface area contributed by atoms with E-state index in [1.807, 2.05) is 6.07 Å². The number of anilines is 2. The molecule has 17 heavy (non-hydrogen) atoms. The highest BCUT2D eigenvalue weighted by atomic mass is 19.3. The lowest BCUT2D eigenvalue weighted by molar-refractivity contribution is 0.152. The maximum atomic E-state index is 12.3. The topological polar surface area (TPSA) is 86.2 Å². The van der Waals surface area contributed by atoms with Crippen LogP contribution < -0.4 is 10.6 Å². The van der Waals surface area contributed by atoms with Crippen molar-refractivity contribution in [1.82, 2.24) is 4.98 Å². The van der Waals surface area contributed by atoms with Gasteiger partial charge >= 0.3 is 0 Å². The fourth-order valence-corrected chi connectivity index (χ4v) is 1.37. The number of halogens is 2. The van der Waals surface area contributed by atoms with E-state index in [1.165, 1.54) is 17.2 Å². The van der Waals surface area contributed by atoms with Crippen LogP contribution in [0.5, 0.6) is 0 Å². The third kappa shape index (κ3) is 3.53. The molecule has 7 heteroatoms. The summed E-state index contributed by atoms with van der Waals surface area (Å²) in [4.78, 5) is 5.04. The van der Waals surface area contributed by atoms with Crippen molar-refractivity contribution in [2.24, 2.45) is 0 Å². The zero-order valence-corrected chi connectivity index (χ0v) is 8.98. The second kappa shape index (κ2) is 5.96. The maximum absolute atomic E-state index is 12.3. The number of rotatable bonds is 5. The molecular formula is C10H12F2N4O. The van der Waals surface area contributed by atoms with E-state index in [-0.39, 0.29) is 30.2 Å². The van der Waals surface area contributed by atoms with Gasteiger partial charge in [-0.1, -0.05) is 0 Å². The smallest absolute Gasteiger partial charge is 0.255 e. The van der Waals surface area contributed by atoms with Crippen molar-refractivity contribution in [2.75, 3.05) is 30.3 Å². The first-order chi connectivity index (χ1) is 8.08. The molecule has 1 aromatic heterocycles. The van der Waals surface area contributed by atoms with Crippen molar-refractivity contribution in [3.05, 3.63) is 17.8 Å². The highest BCUT2D eigenvalue weighted by Gasteiger charge is 2.16. The number of pyridine rings is 1. The molecule has 3 N–H and O–H groups in total. The van der Waals surface area contributed by atoms with Gasteiger partial charge < -0.3 is 15.7 Å². The Morgan fingerprint density at radius 3 is 2.76 bits per heavy atom. The van der Waals surface area contributed by atoms with Gasteiger partial charge in [0.25, 0.3) is 6.43 Å². The average Bonchev–Trinajstić information content (AvgIpc) is 2.27. The number of hydrogen-bond donors (Lipinski definition) is 2. The van der Waals surface area contributed by atoms with E-state index < -0.39 is 13.0 Å². The van der Waals surface area contributed by atoms with Crippen LogP contribution in [0.1, 0.15) is 5.56 Å². The quantitative estimate of drug-likeness (QED) is 0.789. The zero-order valence-electron chi connectivity index (χ0n) is 8.98. The molecule has 0 radical (unpaired) electrons. The van der Waals surface area contributed by atoms with Gasteiger partial charge in [0.1, 0.15) is 6.07 Å². The molecule has 1 heterocycles. The van der Waals surface area contributed by atoms with Crippen molar-refractivity contribution in [2.45, 2.75) is 6.43 Å². The van der Waals surface area contributed by atoms with Crippen LogP contribution in [0, 0.1) is 11.3 Å². The van der Waals surface area contributed by atoms with Crippen LogP contribution in [-0.4, -0.2) is 36.2 Å². The first-order valence-corrected chi connectivity index (χ1v) is 4.88. The molecule has 0 unspecified atom stereocenters. The number of alkyl halides is 2. The summed E-state index contributed by atoms with van der Waals surface area (Å²) < 4.78 is 24.7. The summed E-state index contributed by atoms with van der Waals surface area (Å²) in [6, 6.07) is 3.21. The van der Waals surface area contributed by atoms with Crippen molar-refractivity contribution in [3.8, 4) is 6.07 Å². The molecule has 1 rings (SSSR count). The van der Waals surface area contributed by atoms with Gasteiger partial charge in [0.05, 0.1) is 24.4 Å². The Kier molecular flexibility index (Phi) is 4.60. The molecule has 0 aromatic carbocycles. The summed E-state index contributed by atoms with van der Waals surface area (Å²) >= 11 is 0. The Hall–Kier alpha value is -1.94. The number of nitrogens with zero attached hydrogens (tertiary/aromatic N) is 3. The summed E-state index contributed by atoms with van der Waals surface area (Å²) in [6.45, 7) is -0.842. The van der Waals surface area contributed by atoms with Crippen LogP contribution >= 0.6 is 0 Å². The molecule has 0 saturated heterocycles. The SMILES string of the molecule is N#Cc1cnc(N(CCO)CC(F)F)c(N)c1. The Bertz CT molecular complexity index is 419. The van der Waals surface area contributed by atoms with Gasteiger partial charge in [-0.05, 0) is 6.07 Å². The largest absolute Gasteiger partial charge is 0.396 e. The summed E-state index contributed by atoms with van der Waals surface area (Å²) in [5, 5.41) is 17.4. The Morgan fingerprint density at radius 1 is 1.59 bits per heavy atom. The monoisotopic (exact) mass is 242 g/mol. The van der Waals surface area contributed by atoms with Gasteiger partial charge in [-0.3, -0.25) is 0 Å². The molecule has 0 spiro atoms. The second-order valence-electron chi connectivity index (χ2n) is 3.31. The fourth-order valence-electron chi connectivity index (χ4n) is 1.37. The van der Waals surface area contributed by atoms with Gasteiger partial charge in [0.2, 0.25) is 0 Å². The van der Waals surface area contributed by atoms with E-state index in [2.05, 4.69) is 4.98 Å². The van der Waals surface area contributed by atoms with Crippen molar-refractivity contribution < 1.29 is 13.9 Å². The number of nitrogen functional groups attached to an aromatic ring is 1. The van der Waals surface area contributed by atoms with E-state index in [9.17, 15) is 8.78 Å². The predicted octanol–water partition coefficient (Wildman–Crippen LogP) is 0.599. The summed E-state index contributed by atoms with van der Waals surface area (Å²) in [5.41, 5.74) is 6.02. The highest BCUT2D eigenvalue weighted by molar-refractivity contribution is 5.64. The molecule has 0 saturated carbocycles. The van der Waals surface area contributed by atoms with Crippen LogP contribution in [0.15, 0.2) is 12.3 Å². The van der Waals surface area contributed by atoms with Crippen LogP contribution in [0.3, 0.4) is 0 Å². The van der Waals surface area contributed by atoms with E-state index in [0.717, 1.165) is 0 Å². The van der Waals surface area contributed by atoms with Crippen LogP contribution in [0.2, 0.25) is 0 Å². The summed E-state index contributed by atoms with van der Waals surface area (Å²) in [6.07, 6.45) is -1.31. The lowest BCUT2D eigenvalue weighted by atomic mass is 10.2. The average molecular weight is 242 g/mol. The fraction of sp³-hybridized carbons (Fsp3) is 0.400. The molecule has 0 atom stereocenters. The van der Waals surface area contributed by atoms with Gasteiger partial charge in [-0.25, -0.2) is 13.8 Å². The van der Waals surface area contributed by atoms with E-state index >= 15 is 0 Å². The number of hydrogen-bond acceptors (Lipinski definition) is 5. The first kappa shape index (κ1) is 13.1. The van der Waals surface area contributed by atoms with Gasteiger partial charge in [0.15, 0.2) is 5.82 Å². The molecule has 0 bridgehead atoms. The van der Waals surface area contributed by atoms with Crippen molar-refractivity contribution in [3.63, 3.8) is 0 Å². The summed E-state index contributed by atoms with van der Waals surface area (Å²) in [7, 11) is 0. The number of aliphatic hydroxyl groups excluding tert-OH is 1.